The number of terminal acetylenes is 1. The van der Waals surface area contributed by atoms with Crippen LogP contribution in [0.25, 0.3) is 0 Å². The molecule has 0 aliphatic heterocycles. The normalized spacial score (nSPS) is 31.5. The zero-order valence-electron chi connectivity index (χ0n) is 14.8. The molecule has 0 radical (unpaired) electrons. The zero-order valence-corrected chi connectivity index (χ0v) is 14.8. The van der Waals surface area contributed by atoms with Gasteiger partial charge in [-0.05, 0) is 86.7 Å². The van der Waals surface area contributed by atoms with Crippen molar-refractivity contribution in [3.63, 3.8) is 0 Å². The molecule has 0 N–H and O–H groups in total. The summed E-state index contributed by atoms with van der Waals surface area (Å²) in [7, 11) is 0. The van der Waals surface area contributed by atoms with Gasteiger partial charge >= 0.3 is 0 Å². The fraction of sp³-hybridized carbons (Fsp3) is 0.652. The highest BCUT2D eigenvalue weighted by atomic mass is 14.4. The molecule has 1 aromatic rings. The summed E-state index contributed by atoms with van der Waals surface area (Å²) in [6.45, 7) is 2.26. The standard InChI is InChI=1S/C23H32/c1-3-5-19-8-12-21(13-9-19)23-16-14-22(15-17-23)20-10-6-18(4-2)7-11-20/h2,8-9,12-13,18,20,22-23H,3,5-7,10-11,14-17H2,1H3. The number of aryl methyl sites for hydroxylation is 1. The Kier molecular flexibility index (Phi) is 5.82. The van der Waals surface area contributed by atoms with Crippen molar-refractivity contribution >= 4 is 0 Å². The van der Waals surface area contributed by atoms with Crippen molar-refractivity contribution in [2.45, 2.75) is 77.0 Å². The van der Waals surface area contributed by atoms with Crippen LogP contribution in [0.5, 0.6) is 0 Å². The Labute approximate surface area is 143 Å². The van der Waals surface area contributed by atoms with Gasteiger partial charge in [0.05, 0.1) is 0 Å². The number of benzene rings is 1. The van der Waals surface area contributed by atoms with E-state index in [-0.39, 0.29) is 0 Å². The molecule has 0 heteroatoms. The van der Waals surface area contributed by atoms with Crippen LogP contribution < -0.4 is 0 Å². The maximum Gasteiger partial charge on any atom is 0.0200 e. The molecule has 124 valence electrons. The molecule has 0 heterocycles. The van der Waals surface area contributed by atoms with Crippen molar-refractivity contribution in [1.29, 1.82) is 0 Å². The molecule has 0 aromatic heterocycles. The van der Waals surface area contributed by atoms with E-state index >= 15 is 0 Å². The molecule has 1 aromatic carbocycles. The van der Waals surface area contributed by atoms with Crippen LogP contribution in [-0.4, -0.2) is 0 Å². The van der Waals surface area contributed by atoms with Gasteiger partial charge in [0.15, 0.2) is 0 Å². The van der Waals surface area contributed by atoms with E-state index in [1.165, 1.54) is 69.8 Å². The third-order valence-corrected chi connectivity index (χ3v) is 6.44. The molecule has 0 bridgehead atoms. The average Bonchev–Trinajstić information content (AvgIpc) is 2.63. The smallest absolute Gasteiger partial charge is 0.0200 e. The van der Waals surface area contributed by atoms with Crippen molar-refractivity contribution in [3.8, 4) is 12.3 Å². The highest BCUT2D eigenvalue weighted by molar-refractivity contribution is 5.26. The molecule has 0 atom stereocenters. The van der Waals surface area contributed by atoms with Gasteiger partial charge in [-0.3, -0.25) is 0 Å². The van der Waals surface area contributed by atoms with Crippen LogP contribution in [-0.2, 0) is 6.42 Å². The lowest BCUT2D eigenvalue weighted by Crippen LogP contribution is -2.25. The zero-order chi connectivity index (χ0) is 16.1. The van der Waals surface area contributed by atoms with E-state index in [4.69, 9.17) is 6.42 Å². The van der Waals surface area contributed by atoms with E-state index in [2.05, 4.69) is 37.1 Å². The molecule has 0 unspecified atom stereocenters. The summed E-state index contributed by atoms with van der Waals surface area (Å²) in [5.74, 6) is 6.29. The monoisotopic (exact) mass is 308 g/mol. The fourth-order valence-corrected chi connectivity index (χ4v) is 4.93. The second-order valence-electron chi connectivity index (χ2n) is 7.88. The van der Waals surface area contributed by atoms with E-state index in [1.54, 1.807) is 5.56 Å². The Bertz CT molecular complexity index is 502. The van der Waals surface area contributed by atoms with Crippen LogP contribution in [0, 0.1) is 30.1 Å². The first kappa shape index (κ1) is 16.6. The summed E-state index contributed by atoms with van der Waals surface area (Å²) in [5, 5.41) is 0. The molecule has 2 aliphatic rings. The first-order valence-corrected chi connectivity index (χ1v) is 9.85. The average molecular weight is 309 g/mol. The Hall–Kier alpha value is -1.22. The molecule has 0 spiro atoms. The summed E-state index contributed by atoms with van der Waals surface area (Å²) < 4.78 is 0. The van der Waals surface area contributed by atoms with Crippen molar-refractivity contribution < 1.29 is 0 Å². The Morgan fingerprint density at radius 1 is 0.870 bits per heavy atom. The van der Waals surface area contributed by atoms with E-state index in [0.717, 1.165) is 17.8 Å². The van der Waals surface area contributed by atoms with Gasteiger partial charge in [-0.2, -0.15) is 0 Å². The minimum Gasteiger partial charge on any atom is -0.120 e. The highest BCUT2D eigenvalue weighted by Gasteiger charge is 2.30. The summed E-state index contributed by atoms with van der Waals surface area (Å²) in [6, 6.07) is 9.50. The number of hydrogen-bond acceptors (Lipinski definition) is 0. The van der Waals surface area contributed by atoms with Crippen molar-refractivity contribution in [2.75, 3.05) is 0 Å². The highest BCUT2D eigenvalue weighted by Crippen LogP contribution is 2.43. The van der Waals surface area contributed by atoms with Gasteiger partial charge in [-0.1, -0.05) is 37.6 Å². The third kappa shape index (κ3) is 4.20. The molecule has 0 saturated heterocycles. The molecular formula is C23H32. The van der Waals surface area contributed by atoms with Crippen LogP contribution in [0.15, 0.2) is 24.3 Å². The summed E-state index contributed by atoms with van der Waals surface area (Å²) in [6.07, 6.45) is 19.0. The second-order valence-corrected chi connectivity index (χ2v) is 7.88. The summed E-state index contributed by atoms with van der Waals surface area (Å²) in [4.78, 5) is 0. The van der Waals surface area contributed by atoms with Crippen LogP contribution in [0.3, 0.4) is 0 Å². The van der Waals surface area contributed by atoms with Crippen molar-refractivity contribution in [2.24, 2.45) is 17.8 Å². The van der Waals surface area contributed by atoms with Crippen LogP contribution in [0.1, 0.15) is 81.8 Å². The summed E-state index contributed by atoms with van der Waals surface area (Å²) >= 11 is 0. The molecule has 0 amide bonds. The van der Waals surface area contributed by atoms with Crippen molar-refractivity contribution in [3.05, 3.63) is 35.4 Å². The molecule has 2 saturated carbocycles. The van der Waals surface area contributed by atoms with E-state index in [0.29, 0.717) is 5.92 Å². The van der Waals surface area contributed by atoms with Gasteiger partial charge in [-0.25, -0.2) is 0 Å². The fourth-order valence-electron chi connectivity index (χ4n) is 4.93. The summed E-state index contributed by atoms with van der Waals surface area (Å²) in [5.41, 5.74) is 3.08. The third-order valence-electron chi connectivity index (χ3n) is 6.44. The van der Waals surface area contributed by atoms with E-state index in [9.17, 15) is 0 Å². The molecule has 0 nitrogen and oxygen atoms in total. The van der Waals surface area contributed by atoms with Crippen LogP contribution in [0.4, 0.5) is 0 Å². The lowest BCUT2D eigenvalue weighted by atomic mass is 9.68. The molecule has 2 aliphatic carbocycles. The minimum atomic E-state index is 0.573. The predicted molar refractivity (Wildman–Crippen MR) is 99.4 cm³/mol. The van der Waals surface area contributed by atoms with Gasteiger partial charge in [0.2, 0.25) is 0 Å². The molecule has 2 fully saturated rings. The Morgan fingerprint density at radius 3 is 1.96 bits per heavy atom. The lowest BCUT2D eigenvalue weighted by molar-refractivity contribution is 0.173. The Morgan fingerprint density at radius 2 is 1.43 bits per heavy atom. The lowest BCUT2D eigenvalue weighted by Gasteiger charge is -2.37. The van der Waals surface area contributed by atoms with Crippen LogP contribution in [0.2, 0.25) is 0 Å². The van der Waals surface area contributed by atoms with E-state index < -0.39 is 0 Å². The van der Waals surface area contributed by atoms with Gasteiger partial charge in [0.25, 0.3) is 0 Å². The molecule has 3 rings (SSSR count). The number of hydrogen-bond donors (Lipinski definition) is 0. The first-order chi connectivity index (χ1) is 11.3. The minimum absolute atomic E-state index is 0.573. The topological polar surface area (TPSA) is 0 Å². The predicted octanol–water partition coefficient (Wildman–Crippen LogP) is 6.35. The first-order valence-electron chi connectivity index (χ1n) is 9.85. The largest absolute Gasteiger partial charge is 0.120 e. The SMILES string of the molecule is C#CC1CCC(C2CCC(c3ccc(CCC)cc3)CC2)CC1. The molecular weight excluding hydrogens is 276 g/mol. The van der Waals surface area contributed by atoms with Gasteiger partial charge in [0.1, 0.15) is 0 Å². The van der Waals surface area contributed by atoms with Crippen molar-refractivity contribution in [1.82, 2.24) is 0 Å². The Balaban J connectivity index is 1.49. The maximum absolute atomic E-state index is 5.59. The quantitative estimate of drug-likeness (QED) is 0.568. The van der Waals surface area contributed by atoms with Gasteiger partial charge in [-0.15, -0.1) is 12.3 Å². The molecule has 23 heavy (non-hydrogen) atoms. The number of rotatable bonds is 4. The van der Waals surface area contributed by atoms with Crippen LogP contribution >= 0.6 is 0 Å². The van der Waals surface area contributed by atoms with E-state index in [1.807, 2.05) is 0 Å². The van der Waals surface area contributed by atoms with Gasteiger partial charge in [0, 0.05) is 5.92 Å². The second kappa shape index (κ2) is 8.05. The maximum atomic E-state index is 5.59. The van der Waals surface area contributed by atoms with Gasteiger partial charge < -0.3 is 0 Å².